The van der Waals surface area contributed by atoms with E-state index < -0.39 is 0 Å². The zero-order chi connectivity index (χ0) is 29.1. The molecule has 0 spiro atoms. The lowest BCUT2D eigenvalue weighted by Gasteiger charge is -2.43. The van der Waals surface area contributed by atoms with Gasteiger partial charge in [0, 0.05) is 80.5 Å². The summed E-state index contributed by atoms with van der Waals surface area (Å²) in [6.45, 7) is 10.2. The fourth-order valence-electron chi connectivity index (χ4n) is 6.88. The van der Waals surface area contributed by atoms with Gasteiger partial charge in [0.15, 0.2) is 0 Å². The van der Waals surface area contributed by atoms with Gasteiger partial charge in [-0.15, -0.1) is 0 Å². The molecule has 2 aliphatic heterocycles. The second-order valence-corrected chi connectivity index (χ2v) is 12.7. The predicted octanol–water partition coefficient (Wildman–Crippen LogP) is 5.46. The van der Waals surface area contributed by atoms with Crippen LogP contribution in [0.15, 0.2) is 48.9 Å². The third kappa shape index (κ3) is 6.66. The van der Waals surface area contributed by atoms with Gasteiger partial charge in [-0.05, 0) is 80.7 Å². The van der Waals surface area contributed by atoms with Gasteiger partial charge in [0.05, 0.1) is 0 Å². The molecule has 2 aromatic heterocycles. The van der Waals surface area contributed by atoms with Crippen molar-refractivity contribution >= 4 is 23.3 Å². The number of carbonyl (C=O) groups is 1. The monoisotopic (exact) mass is 589 g/mol. The number of carbonyl (C=O) groups excluding carboxylic acids is 1. The smallest absolute Gasteiger partial charge is 0.241 e. The number of anilines is 1. The highest BCUT2D eigenvalue weighted by Crippen LogP contribution is 2.32. The molecule has 1 saturated carbocycles. The predicted molar refractivity (Wildman–Crippen MR) is 169 cm³/mol. The van der Waals surface area contributed by atoms with Crippen LogP contribution < -0.4 is 10.2 Å². The second-order valence-electron chi connectivity index (χ2n) is 12.3. The van der Waals surface area contributed by atoms with Gasteiger partial charge in [0.1, 0.15) is 17.7 Å². The summed E-state index contributed by atoms with van der Waals surface area (Å²) in [5, 5.41) is 3.95. The van der Waals surface area contributed by atoms with Gasteiger partial charge in [-0.3, -0.25) is 14.6 Å². The number of amides is 1. The Morgan fingerprint density at radius 2 is 1.88 bits per heavy atom. The number of imidazole rings is 1. The number of H-pyrrole nitrogens is 1. The molecule has 0 radical (unpaired) electrons. The third-order valence-electron chi connectivity index (χ3n) is 9.37. The molecule has 2 N–H and O–H groups in total. The number of piperidine rings is 1. The number of benzene rings is 1. The van der Waals surface area contributed by atoms with Crippen molar-refractivity contribution in [3.63, 3.8) is 0 Å². The highest BCUT2D eigenvalue weighted by atomic mass is 35.5. The Morgan fingerprint density at radius 3 is 2.55 bits per heavy atom. The highest BCUT2D eigenvalue weighted by molar-refractivity contribution is 6.30. The summed E-state index contributed by atoms with van der Waals surface area (Å²) in [5.41, 5.74) is 3.24. The van der Waals surface area contributed by atoms with E-state index in [1.54, 1.807) is 6.20 Å². The SMILES string of the molecule is CCC1CN(c2ncc(-c3ncc[nH]3)cc2C)CCCN1C1CCN(C(C(=O)NCC2CC2)c2ccc(Cl)cc2)CC1. The number of nitrogens with one attached hydrogen (secondary N) is 2. The molecule has 1 aromatic carbocycles. The maximum atomic E-state index is 13.5. The number of rotatable bonds is 9. The van der Waals surface area contributed by atoms with Crippen molar-refractivity contribution in [2.24, 2.45) is 5.92 Å². The number of aromatic amines is 1. The van der Waals surface area contributed by atoms with Gasteiger partial charge in [0.25, 0.3) is 0 Å². The van der Waals surface area contributed by atoms with Gasteiger partial charge in [-0.25, -0.2) is 9.97 Å². The van der Waals surface area contributed by atoms with Crippen LogP contribution in [0.25, 0.3) is 11.4 Å². The Hall–Kier alpha value is -2.94. The van der Waals surface area contributed by atoms with E-state index in [4.69, 9.17) is 16.6 Å². The molecule has 3 aliphatic rings. The van der Waals surface area contributed by atoms with Gasteiger partial charge in [0.2, 0.25) is 5.91 Å². The van der Waals surface area contributed by atoms with E-state index in [2.05, 4.69) is 49.9 Å². The minimum atomic E-state index is -0.262. The van der Waals surface area contributed by atoms with Crippen LogP contribution in [0.2, 0.25) is 5.02 Å². The fourth-order valence-corrected chi connectivity index (χ4v) is 7.00. The van der Waals surface area contributed by atoms with Crippen LogP contribution >= 0.6 is 11.6 Å². The number of hydrogen-bond donors (Lipinski definition) is 2. The van der Waals surface area contributed by atoms with Crippen LogP contribution in [0.3, 0.4) is 0 Å². The molecule has 9 heteroatoms. The topological polar surface area (TPSA) is 80.4 Å². The van der Waals surface area contributed by atoms with E-state index in [1.807, 2.05) is 36.7 Å². The average Bonchev–Trinajstić information content (AvgIpc) is 3.73. The maximum Gasteiger partial charge on any atom is 0.241 e. The quantitative estimate of drug-likeness (QED) is 0.345. The van der Waals surface area contributed by atoms with Crippen molar-refractivity contribution in [1.82, 2.24) is 30.1 Å². The normalized spacial score (nSPS) is 21.7. The Morgan fingerprint density at radius 1 is 1.10 bits per heavy atom. The van der Waals surface area contributed by atoms with E-state index in [1.165, 1.54) is 18.4 Å². The average molecular weight is 590 g/mol. The van der Waals surface area contributed by atoms with Crippen molar-refractivity contribution < 1.29 is 4.79 Å². The first-order valence-electron chi connectivity index (χ1n) is 15.7. The minimum absolute atomic E-state index is 0.125. The summed E-state index contributed by atoms with van der Waals surface area (Å²) in [7, 11) is 0. The largest absolute Gasteiger partial charge is 0.355 e. The Kier molecular flexibility index (Phi) is 9.12. The van der Waals surface area contributed by atoms with Crippen molar-refractivity contribution in [3.8, 4) is 11.4 Å². The van der Waals surface area contributed by atoms with E-state index in [0.29, 0.717) is 23.0 Å². The summed E-state index contributed by atoms with van der Waals surface area (Å²) < 4.78 is 0. The summed E-state index contributed by atoms with van der Waals surface area (Å²) >= 11 is 6.19. The van der Waals surface area contributed by atoms with Gasteiger partial charge >= 0.3 is 0 Å². The standard InChI is InChI=1S/C33H44ClN7O/c1-3-28-22-40(32-23(2)19-26(21-37-32)31-35-13-14-36-31)15-4-16-41(28)29-11-17-39(18-12-29)30(25-7-9-27(34)10-8-25)33(42)38-20-24-5-6-24/h7-10,13-14,19,21,24,28-30H,3-6,11-12,15-18,20,22H2,1-2H3,(H,35,36)(H,38,42). The molecule has 3 aromatic rings. The number of halogens is 1. The first kappa shape index (κ1) is 29.1. The number of aryl methyl sites for hydroxylation is 1. The van der Waals surface area contributed by atoms with Crippen molar-refractivity contribution in [2.75, 3.05) is 44.2 Å². The Bertz CT molecular complexity index is 1320. The molecule has 2 atom stereocenters. The highest BCUT2D eigenvalue weighted by Gasteiger charge is 2.36. The van der Waals surface area contributed by atoms with Crippen LogP contribution in [-0.4, -0.2) is 82.0 Å². The Balaban J connectivity index is 1.11. The second kappa shape index (κ2) is 13.1. The number of hydrogen-bond acceptors (Lipinski definition) is 6. The molecule has 2 unspecified atom stereocenters. The number of pyridine rings is 1. The molecule has 8 nitrogen and oxygen atoms in total. The van der Waals surface area contributed by atoms with Crippen LogP contribution in [0.4, 0.5) is 5.82 Å². The van der Waals surface area contributed by atoms with Gasteiger partial charge in [-0.1, -0.05) is 30.7 Å². The molecular weight excluding hydrogens is 546 g/mol. The van der Waals surface area contributed by atoms with Crippen molar-refractivity contribution in [2.45, 2.75) is 70.5 Å². The Labute approximate surface area is 254 Å². The van der Waals surface area contributed by atoms with E-state index in [0.717, 1.165) is 87.7 Å². The van der Waals surface area contributed by atoms with Crippen LogP contribution in [0, 0.1) is 12.8 Å². The fraction of sp³-hybridized carbons (Fsp3) is 0.545. The van der Waals surface area contributed by atoms with Crippen molar-refractivity contribution in [1.29, 1.82) is 0 Å². The van der Waals surface area contributed by atoms with Crippen LogP contribution in [-0.2, 0) is 4.79 Å². The lowest BCUT2D eigenvalue weighted by Crippen LogP contribution is -2.52. The van der Waals surface area contributed by atoms with Crippen LogP contribution in [0.1, 0.15) is 62.6 Å². The molecule has 2 saturated heterocycles. The maximum absolute atomic E-state index is 13.5. The summed E-state index contributed by atoms with van der Waals surface area (Å²) in [5.74, 6) is 2.73. The van der Waals surface area contributed by atoms with Gasteiger partial charge < -0.3 is 15.2 Å². The lowest BCUT2D eigenvalue weighted by molar-refractivity contribution is -0.127. The summed E-state index contributed by atoms with van der Waals surface area (Å²) in [4.78, 5) is 33.6. The number of likely N-dealkylation sites (tertiary alicyclic amines) is 1. The first-order chi connectivity index (χ1) is 20.5. The molecule has 1 aliphatic carbocycles. The zero-order valence-corrected chi connectivity index (χ0v) is 25.7. The van der Waals surface area contributed by atoms with Crippen molar-refractivity contribution in [3.05, 3.63) is 65.1 Å². The first-order valence-corrected chi connectivity index (χ1v) is 16.1. The van der Waals surface area contributed by atoms with Gasteiger partial charge in [-0.2, -0.15) is 0 Å². The molecule has 1 amide bonds. The number of aromatic nitrogens is 3. The molecule has 4 heterocycles. The summed E-state index contributed by atoms with van der Waals surface area (Å²) in [6.07, 6.45) is 12.4. The lowest BCUT2D eigenvalue weighted by atomic mass is 9.96. The van der Waals surface area contributed by atoms with E-state index >= 15 is 0 Å². The number of nitrogens with zero attached hydrogens (tertiary/aromatic N) is 5. The minimum Gasteiger partial charge on any atom is -0.355 e. The molecule has 6 rings (SSSR count). The zero-order valence-electron chi connectivity index (χ0n) is 24.9. The molecule has 3 fully saturated rings. The third-order valence-corrected chi connectivity index (χ3v) is 9.62. The van der Waals surface area contributed by atoms with E-state index in [9.17, 15) is 4.79 Å². The van der Waals surface area contributed by atoms with Crippen LogP contribution in [0.5, 0.6) is 0 Å². The molecule has 42 heavy (non-hydrogen) atoms. The summed E-state index contributed by atoms with van der Waals surface area (Å²) in [6, 6.07) is 10.8. The molecule has 224 valence electrons. The molecular formula is C33H44ClN7O. The van der Waals surface area contributed by atoms with E-state index in [-0.39, 0.29) is 11.9 Å². The molecule has 0 bridgehead atoms.